The van der Waals surface area contributed by atoms with Crippen LogP contribution in [0, 0.1) is 0 Å². The molecule has 1 unspecified atom stereocenters. The molecule has 2 heteroatoms. The Bertz CT molecular complexity index is 194. The molecule has 0 aliphatic heterocycles. The molecule has 0 rings (SSSR count). The molecular weight excluding hydrogens is 256 g/mol. The van der Waals surface area contributed by atoms with Gasteiger partial charge in [0.05, 0.1) is 6.17 Å². The molecule has 0 spiro atoms. The van der Waals surface area contributed by atoms with E-state index in [1.54, 1.807) is 0 Å². The lowest BCUT2D eigenvalue weighted by Gasteiger charge is -2.28. The van der Waals surface area contributed by atoms with Crippen molar-refractivity contribution in [2.24, 2.45) is 5.73 Å². The van der Waals surface area contributed by atoms with Crippen molar-refractivity contribution in [1.29, 1.82) is 0 Å². The standard InChI is InChI=1S/C19H42N2/c1-4-7-9-11-13-15-18-21(17-6-3)19(20)16-14-12-10-8-5-2/h19H,4-18,20H2,1-3H3. The first-order chi connectivity index (χ1) is 10.3. The largest absolute Gasteiger partial charge is 0.316 e. The first kappa shape index (κ1) is 20.9. The molecule has 0 amide bonds. The first-order valence-electron chi connectivity index (χ1n) is 9.75. The van der Waals surface area contributed by atoms with Gasteiger partial charge in [-0.2, -0.15) is 0 Å². The predicted molar refractivity (Wildman–Crippen MR) is 96.6 cm³/mol. The second-order valence-electron chi connectivity index (χ2n) is 6.57. The van der Waals surface area contributed by atoms with Gasteiger partial charge in [0.15, 0.2) is 0 Å². The van der Waals surface area contributed by atoms with E-state index < -0.39 is 0 Å². The van der Waals surface area contributed by atoms with Gasteiger partial charge in [0.2, 0.25) is 0 Å². The summed E-state index contributed by atoms with van der Waals surface area (Å²) in [6.07, 6.45) is 17.7. The van der Waals surface area contributed by atoms with Crippen molar-refractivity contribution in [1.82, 2.24) is 4.90 Å². The highest BCUT2D eigenvalue weighted by molar-refractivity contribution is 4.66. The van der Waals surface area contributed by atoms with Crippen molar-refractivity contribution in [2.75, 3.05) is 13.1 Å². The highest BCUT2D eigenvalue weighted by Gasteiger charge is 2.12. The Morgan fingerprint density at radius 2 is 1.14 bits per heavy atom. The SMILES string of the molecule is CCCCCCCCN(CCC)C(N)CCCCCCC. The highest BCUT2D eigenvalue weighted by atomic mass is 15.2. The molecule has 0 aliphatic rings. The van der Waals surface area contributed by atoms with Crippen LogP contribution in [-0.2, 0) is 0 Å². The Hall–Kier alpha value is -0.0800. The maximum atomic E-state index is 6.41. The third-order valence-corrected chi connectivity index (χ3v) is 4.38. The molecule has 21 heavy (non-hydrogen) atoms. The lowest BCUT2D eigenvalue weighted by molar-refractivity contribution is 0.183. The van der Waals surface area contributed by atoms with Gasteiger partial charge in [0.1, 0.15) is 0 Å². The number of nitrogens with zero attached hydrogens (tertiary/aromatic N) is 1. The molecule has 0 aromatic carbocycles. The summed E-state index contributed by atoms with van der Waals surface area (Å²) in [7, 11) is 0. The summed E-state index contributed by atoms with van der Waals surface area (Å²) in [6, 6.07) is 0. The summed E-state index contributed by atoms with van der Waals surface area (Å²) >= 11 is 0. The van der Waals surface area contributed by atoms with Crippen LogP contribution in [0.4, 0.5) is 0 Å². The van der Waals surface area contributed by atoms with Crippen LogP contribution in [-0.4, -0.2) is 24.2 Å². The van der Waals surface area contributed by atoms with Crippen LogP contribution in [0.2, 0.25) is 0 Å². The third kappa shape index (κ3) is 13.3. The average Bonchev–Trinajstić information content (AvgIpc) is 2.49. The van der Waals surface area contributed by atoms with Gasteiger partial charge >= 0.3 is 0 Å². The maximum absolute atomic E-state index is 6.41. The molecule has 0 bridgehead atoms. The van der Waals surface area contributed by atoms with Crippen LogP contribution in [0.3, 0.4) is 0 Å². The van der Waals surface area contributed by atoms with E-state index in [0.29, 0.717) is 6.17 Å². The van der Waals surface area contributed by atoms with E-state index >= 15 is 0 Å². The summed E-state index contributed by atoms with van der Waals surface area (Å²) < 4.78 is 0. The number of hydrogen-bond donors (Lipinski definition) is 1. The van der Waals surface area contributed by atoms with Crippen molar-refractivity contribution in [3.05, 3.63) is 0 Å². The van der Waals surface area contributed by atoms with E-state index in [9.17, 15) is 0 Å². The molecule has 2 nitrogen and oxygen atoms in total. The summed E-state index contributed by atoms with van der Waals surface area (Å²) in [5.41, 5.74) is 6.41. The van der Waals surface area contributed by atoms with Gasteiger partial charge in [-0.25, -0.2) is 0 Å². The van der Waals surface area contributed by atoms with Crippen molar-refractivity contribution >= 4 is 0 Å². The Balaban J connectivity index is 3.71. The average molecular weight is 299 g/mol. The zero-order valence-electron chi connectivity index (χ0n) is 15.2. The van der Waals surface area contributed by atoms with E-state index in [0.717, 1.165) is 0 Å². The van der Waals surface area contributed by atoms with Crippen molar-refractivity contribution in [3.8, 4) is 0 Å². The summed E-state index contributed by atoms with van der Waals surface area (Å²) in [4.78, 5) is 2.53. The van der Waals surface area contributed by atoms with Gasteiger partial charge in [-0.3, -0.25) is 4.90 Å². The monoisotopic (exact) mass is 298 g/mol. The van der Waals surface area contributed by atoms with Gasteiger partial charge in [-0.05, 0) is 32.4 Å². The Morgan fingerprint density at radius 1 is 0.619 bits per heavy atom. The summed E-state index contributed by atoms with van der Waals surface area (Å²) in [5.74, 6) is 0. The van der Waals surface area contributed by atoms with E-state index in [4.69, 9.17) is 5.73 Å². The van der Waals surface area contributed by atoms with Crippen LogP contribution in [0.15, 0.2) is 0 Å². The molecule has 2 N–H and O–H groups in total. The second kappa shape index (κ2) is 16.3. The molecule has 1 atom stereocenters. The normalized spacial score (nSPS) is 13.0. The quantitative estimate of drug-likeness (QED) is 0.292. The van der Waals surface area contributed by atoms with Crippen LogP contribution in [0.1, 0.15) is 104 Å². The molecule has 0 heterocycles. The number of unbranched alkanes of at least 4 members (excludes halogenated alkanes) is 9. The van der Waals surface area contributed by atoms with Crippen LogP contribution in [0.5, 0.6) is 0 Å². The molecule has 0 aromatic rings. The summed E-state index contributed by atoms with van der Waals surface area (Å²) in [6.45, 7) is 9.20. The van der Waals surface area contributed by atoms with E-state index in [-0.39, 0.29) is 0 Å². The Labute approximate surface area is 134 Å². The molecule has 0 aromatic heterocycles. The van der Waals surface area contributed by atoms with Crippen molar-refractivity contribution in [3.63, 3.8) is 0 Å². The van der Waals surface area contributed by atoms with E-state index in [1.165, 1.54) is 96.6 Å². The lowest BCUT2D eigenvalue weighted by atomic mass is 10.1. The molecular formula is C19H42N2. The lowest BCUT2D eigenvalue weighted by Crippen LogP contribution is -2.43. The predicted octanol–water partition coefficient (Wildman–Crippen LogP) is 5.70. The van der Waals surface area contributed by atoms with Gasteiger partial charge in [0, 0.05) is 0 Å². The minimum absolute atomic E-state index is 0.294. The van der Waals surface area contributed by atoms with E-state index in [2.05, 4.69) is 25.7 Å². The van der Waals surface area contributed by atoms with Gasteiger partial charge in [-0.1, -0.05) is 85.0 Å². The molecule has 0 saturated heterocycles. The van der Waals surface area contributed by atoms with Gasteiger partial charge in [0.25, 0.3) is 0 Å². The number of rotatable bonds is 16. The highest BCUT2D eigenvalue weighted by Crippen LogP contribution is 2.11. The minimum atomic E-state index is 0.294. The van der Waals surface area contributed by atoms with Crippen LogP contribution >= 0.6 is 0 Å². The molecule has 0 aliphatic carbocycles. The fourth-order valence-corrected chi connectivity index (χ4v) is 2.97. The molecule has 0 fully saturated rings. The fourth-order valence-electron chi connectivity index (χ4n) is 2.97. The molecule has 0 radical (unpaired) electrons. The second-order valence-corrected chi connectivity index (χ2v) is 6.57. The number of hydrogen-bond acceptors (Lipinski definition) is 2. The van der Waals surface area contributed by atoms with Crippen LogP contribution in [0.25, 0.3) is 0 Å². The number of nitrogens with two attached hydrogens (primary N) is 1. The van der Waals surface area contributed by atoms with Crippen molar-refractivity contribution < 1.29 is 0 Å². The van der Waals surface area contributed by atoms with Crippen LogP contribution < -0.4 is 5.73 Å². The van der Waals surface area contributed by atoms with Gasteiger partial charge in [-0.15, -0.1) is 0 Å². The maximum Gasteiger partial charge on any atom is 0.0571 e. The smallest absolute Gasteiger partial charge is 0.0571 e. The van der Waals surface area contributed by atoms with E-state index in [1.807, 2.05) is 0 Å². The fraction of sp³-hybridized carbons (Fsp3) is 1.00. The zero-order chi connectivity index (χ0) is 15.8. The topological polar surface area (TPSA) is 29.3 Å². The van der Waals surface area contributed by atoms with Crippen molar-refractivity contribution in [2.45, 2.75) is 110 Å². The first-order valence-corrected chi connectivity index (χ1v) is 9.75. The minimum Gasteiger partial charge on any atom is -0.316 e. The molecule has 128 valence electrons. The third-order valence-electron chi connectivity index (χ3n) is 4.38. The Kier molecular flexibility index (Phi) is 16.2. The molecule has 0 saturated carbocycles. The zero-order valence-corrected chi connectivity index (χ0v) is 15.2. The van der Waals surface area contributed by atoms with Gasteiger partial charge < -0.3 is 5.73 Å². The summed E-state index contributed by atoms with van der Waals surface area (Å²) in [5, 5.41) is 0. The Morgan fingerprint density at radius 3 is 1.71 bits per heavy atom.